The minimum atomic E-state index is -0.198. The Morgan fingerprint density at radius 3 is 2.84 bits per heavy atom. The standard InChI is InChI=1S/C14H20BrN3O/c1-9(16)12-5-4-11(7-13(12)15)18-6-2-3-10(8-18)14(17)19/h4-5,7,9-10H,2-3,6,8,16H2,1H3,(H2,17,19). The molecule has 2 rings (SSSR count). The summed E-state index contributed by atoms with van der Waals surface area (Å²) in [6, 6.07) is 6.18. The number of hydrogen-bond acceptors (Lipinski definition) is 3. The van der Waals surface area contributed by atoms with Gasteiger partial charge >= 0.3 is 0 Å². The molecule has 104 valence electrons. The molecule has 2 atom stereocenters. The molecule has 5 heteroatoms. The van der Waals surface area contributed by atoms with Crippen molar-refractivity contribution in [3.63, 3.8) is 0 Å². The number of carbonyl (C=O) groups excluding carboxylic acids is 1. The Morgan fingerprint density at radius 1 is 1.53 bits per heavy atom. The van der Waals surface area contributed by atoms with Crippen LogP contribution >= 0.6 is 15.9 Å². The molecule has 0 spiro atoms. The van der Waals surface area contributed by atoms with E-state index in [0.29, 0.717) is 6.54 Å². The van der Waals surface area contributed by atoms with Crippen molar-refractivity contribution in [2.75, 3.05) is 18.0 Å². The van der Waals surface area contributed by atoms with Crippen LogP contribution in [-0.2, 0) is 4.79 Å². The SMILES string of the molecule is CC(N)c1ccc(N2CCCC(C(N)=O)C2)cc1Br. The maximum absolute atomic E-state index is 11.3. The van der Waals surface area contributed by atoms with Gasteiger partial charge in [-0.25, -0.2) is 0 Å². The first-order valence-electron chi connectivity index (χ1n) is 6.58. The number of carbonyl (C=O) groups is 1. The minimum Gasteiger partial charge on any atom is -0.371 e. The molecule has 0 aromatic heterocycles. The van der Waals surface area contributed by atoms with Crippen LogP contribution in [0.15, 0.2) is 22.7 Å². The van der Waals surface area contributed by atoms with E-state index >= 15 is 0 Å². The third-order valence-corrected chi connectivity index (χ3v) is 4.35. The summed E-state index contributed by atoms with van der Waals surface area (Å²) >= 11 is 3.56. The quantitative estimate of drug-likeness (QED) is 0.894. The van der Waals surface area contributed by atoms with Crippen LogP contribution in [-0.4, -0.2) is 19.0 Å². The molecule has 0 saturated carbocycles. The fourth-order valence-electron chi connectivity index (χ4n) is 2.53. The normalized spacial score (nSPS) is 21.2. The van der Waals surface area contributed by atoms with Gasteiger partial charge in [-0.05, 0) is 37.5 Å². The lowest BCUT2D eigenvalue weighted by Gasteiger charge is -2.33. The summed E-state index contributed by atoms with van der Waals surface area (Å²) in [5.74, 6) is -0.239. The smallest absolute Gasteiger partial charge is 0.222 e. The number of hydrogen-bond donors (Lipinski definition) is 2. The van der Waals surface area contributed by atoms with Gasteiger partial charge in [-0.1, -0.05) is 22.0 Å². The van der Waals surface area contributed by atoms with Gasteiger partial charge in [0.2, 0.25) is 5.91 Å². The first-order chi connectivity index (χ1) is 8.99. The highest BCUT2D eigenvalue weighted by molar-refractivity contribution is 9.10. The summed E-state index contributed by atoms with van der Waals surface area (Å²) in [7, 11) is 0. The lowest BCUT2D eigenvalue weighted by atomic mass is 9.97. The number of rotatable bonds is 3. The largest absolute Gasteiger partial charge is 0.371 e. The predicted octanol–water partition coefficient (Wildman–Crippen LogP) is 2.17. The van der Waals surface area contributed by atoms with Crippen LogP contribution in [0.3, 0.4) is 0 Å². The highest BCUT2D eigenvalue weighted by Gasteiger charge is 2.24. The van der Waals surface area contributed by atoms with Crippen molar-refractivity contribution in [1.29, 1.82) is 0 Å². The molecule has 0 aliphatic carbocycles. The first kappa shape index (κ1) is 14.3. The Bertz CT molecular complexity index is 476. The lowest BCUT2D eigenvalue weighted by molar-refractivity contribution is -0.122. The van der Waals surface area contributed by atoms with E-state index in [-0.39, 0.29) is 17.9 Å². The van der Waals surface area contributed by atoms with E-state index in [2.05, 4.69) is 33.0 Å². The van der Waals surface area contributed by atoms with Gasteiger partial charge in [0.25, 0.3) is 0 Å². The van der Waals surface area contributed by atoms with Gasteiger partial charge in [-0.15, -0.1) is 0 Å². The third-order valence-electron chi connectivity index (χ3n) is 3.66. The van der Waals surface area contributed by atoms with Crippen molar-refractivity contribution in [2.24, 2.45) is 17.4 Å². The van der Waals surface area contributed by atoms with Crippen LogP contribution in [0.4, 0.5) is 5.69 Å². The van der Waals surface area contributed by atoms with Crippen LogP contribution in [0, 0.1) is 5.92 Å². The van der Waals surface area contributed by atoms with E-state index in [0.717, 1.165) is 35.1 Å². The second-order valence-corrected chi connectivity index (χ2v) is 6.04. The summed E-state index contributed by atoms with van der Waals surface area (Å²) in [5.41, 5.74) is 13.5. The molecular weight excluding hydrogens is 306 g/mol. The fraction of sp³-hybridized carbons (Fsp3) is 0.500. The molecule has 1 aliphatic heterocycles. The van der Waals surface area contributed by atoms with Crippen LogP contribution in [0.1, 0.15) is 31.4 Å². The van der Waals surface area contributed by atoms with E-state index in [1.165, 1.54) is 0 Å². The number of amides is 1. The maximum Gasteiger partial charge on any atom is 0.222 e. The molecule has 4 N–H and O–H groups in total. The number of anilines is 1. The summed E-state index contributed by atoms with van der Waals surface area (Å²) in [5, 5.41) is 0. The highest BCUT2D eigenvalue weighted by atomic mass is 79.9. The number of primary amides is 1. The third kappa shape index (κ3) is 3.28. The zero-order valence-corrected chi connectivity index (χ0v) is 12.7. The van der Waals surface area contributed by atoms with Crippen molar-refractivity contribution in [2.45, 2.75) is 25.8 Å². The molecule has 1 aliphatic rings. The minimum absolute atomic E-state index is 0.00292. The monoisotopic (exact) mass is 325 g/mol. The van der Waals surface area contributed by atoms with E-state index in [4.69, 9.17) is 11.5 Å². The highest BCUT2D eigenvalue weighted by Crippen LogP contribution is 2.29. The molecule has 19 heavy (non-hydrogen) atoms. The number of nitrogens with two attached hydrogens (primary N) is 2. The number of halogens is 1. The summed E-state index contributed by atoms with van der Waals surface area (Å²) in [6.45, 7) is 3.64. The van der Waals surface area contributed by atoms with Crippen molar-refractivity contribution < 1.29 is 4.79 Å². The second-order valence-electron chi connectivity index (χ2n) is 5.18. The molecule has 4 nitrogen and oxygen atoms in total. The Balaban J connectivity index is 2.18. The zero-order chi connectivity index (χ0) is 14.0. The first-order valence-corrected chi connectivity index (χ1v) is 7.37. The number of nitrogens with zero attached hydrogens (tertiary/aromatic N) is 1. The molecule has 1 saturated heterocycles. The Kier molecular flexibility index (Phi) is 4.47. The molecule has 1 amide bonds. The second kappa shape index (κ2) is 5.92. The van der Waals surface area contributed by atoms with Crippen LogP contribution in [0.5, 0.6) is 0 Å². The van der Waals surface area contributed by atoms with E-state index in [9.17, 15) is 4.79 Å². The molecule has 1 fully saturated rings. The summed E-state index contributed by atoms with van der Waals surface area (Å²) in [4.78, 5) is 13.5. The summed E-state index contributed by atoms with van der Waals surface area (Å²) < 4.78 is 1.01. The molecule has 1 aromatic rings. The number of piperidine rings is 1. The zero-order valence-electron chi connectivity index (χ0n) is 11.1. The predicted molar refractivity (Wildman–Crippen MR) is 80.9 cm³/mol. The van der Waals surface area contributed by atoms with Gasteiger partial charge in [0.05, 0.1) is 5.92 Å². The topological polar surface area (TPSA) is 72.3 Å². The molecule has 2 unspecified atom stereocenters. The van der Waals surface area contributed by atoms with Gasteiger partial charge in [0.15, 0.2) is 0 Å². The van der Waals surface area contributed by atoms with Crippen LogP contribution < -0.4 is 16.4 Å². The van der Waals surface area contributed by atoms with E-state index < -0.39 is 0 Å². The number of benzene rings is 1. The molecular formula is C14H20BrN3O. The van der Waals surface area contributed by atoms with Crippen molar-refractivity contribution in [3.05, 3.63) is 28.2 Å². The van der Waals surface area contributed by atoms with Crippen molar-refractivity contribution >= 4 is 27.5 Å². The van der Waals surface area contributed by atoms with Crippen LogP contribution in [0.2, 0.25) is 0 Å². The molecule has 0 bridgehead atoms. The lowest BCUT2D eigenvalue weighted by Crippen LogP contribution is -2.41. The molecule has 1 aromatic carbocycles. The van der Waals surface area contributed by atoms with Gasteiger partial charge in [0.1, 0.15) is 0 Å². The molecule has 0 radical (unpaired) electrons. The molecule has 1 heterocycles. The Morgan fingerprint density at radius 2 is 2.26 bits per heavy atom. The van der Waals surface area contributed by atoms with Gasteiger partial charge in [0, 0.05) is 29.3 Å². The van der Waals surface area contributed by atoms with Crippen LogP contribution in [0.25, 0.3) is 0 Å². The average Bonchev–Trinajstić information content (AvgIpc) is 2.38. The van der Waals surface area contributed by atoms with Crippen molar-refractivity contribution in [3.8, 4) is 0 Å². The van der Waals surface area contributed by atoms with Gasteiger partial charge in [-0.2, -0.15) is 0 Å². The summed E-state index contributed by atoms with van der Waals surface area (Å²) in [6.07, 6.45) is 1.89. The van der Waals surface area contributed by atoms with E-state index in [1.54, 1.807) is 0 Å². The average molecular weight is 326 g/mol. The van der Waals surface area contributed by atoms with E-state index in [1.807, 2.05) is 13.0 Å². The van der Waals surface area contributed by atoms with Crippen molar-refractivity contribution in [1.82, 2.24) is 0 Å². The van der Waals surface area contributed by atoms with Gasteiger partial charge < -0.3 is 16.4 Å². The Labute approximate surface area is 122 Å². The van der Waals surface area contributed by atoms with Gasteiger partial charge in [-0.3, -0.25) is 4.79 Å². The Hall–Kier alpha value is -1.07. The maximum atomic E-state index is 11.3. The fourth-order valence-corrected chi connectivity index (χ4v) is 3.25.